The monoisotopic (exact) mass is 422 g/mol. The Bertz CT molecular complexity index is 1120. The highest BCUT2D eigenvalue weighted by Crippen LogP contribution is 2.31. The van der Waals surface area contributed by atoms with Crippen LogP contribution in [-0.2, 0) is 30.3 Å². The number of sulfonamides is 2. The molecule has 3 rings (SSSR count). The average molecular weight is 423 g/mol. The molecule has 0 unspecified atom stereocenters. The summed E-state index contributed by atoms with van der Waals surface area (Å²) in [6, 6.07) is 12.4. The molecule has 0 bridgehead atoms. The first-order valence-electron chi connectivity index (χ1n) is 8.70. The largest absolute Gasteiger partial charge is 0.279 e. The topological polar surface area (TPSA) is 101 Å². The second kappa shape index (κ2) is 6.89. The lowest BCUT2D eigenvalue weighted by Gasteiger charge is -2.23. The van der Waals surface area contributed by atoms with E-state index in [1.807, 2.05) is 32.9 Å². The van der Waals surface area contributed by atoms with Crippen LogP contribution in [0.5, 0.6) is 0 Å². The van der Waals surface area contributed by atoms with Gasteiger partial charge in [-0.2, -0.15) is 0 Å². The molecular formula is C19H22N2O5S2. The van der Waals surface area contributed by atoms with Crippen molar-refractivity contribution >= 4 is 37.3 Å². The number of rotatable bonds is 4. The molecule has 0 atom stereocenters. The summed E-state index contributed by atoms with van der Waals surface area (Å²) < 4.78 is 52.9. The van der Waals surface area contributed by atoms with Crippen LogP contribution >= 0.6 is 0 Å². The van der Waals surface area contributed by atoms with Gasteiger partial charge < -0.3 is 0 Å². The van der Waals surface area contributed by atoms with Gasteiger partial charge in [0.2, 0.25) is 15.9 Å². The fourth-order valence-electron chi connectivity index (χ4n) is 3.06. The van der Waals surface area contributed by atoms with Crippen molar-refractivity contribution in [3.8, 4) is 0 Å². The summed E-state index contributed by atoms with van der Waals surface area (Å²) in [7, 11) is -7.57. The van der Waals surface area contributed by atoms with Gasteiger partial charge in [0.25, 0.3) is 10.0 Å². The fraction of sp³-hybridized carbons (Fsp3) is 0.316. The summed E-state index contributed by atoms with van der Waals surface area (Å²) in [6.07, 6.45) is -0.0759. The predicted molar refractivity (Wildman–Crippen MR) is 108 cm³/mol. The van der Waals surface area contributed by atoms with Crippen LogP contribution in [0.4, 0.5) is 11.4 Å². The Morgan fingerprint density at radius 1 is 1.00 bits per heavy atom. The van der Waals surface area contributed by atoms with E-state index in [1.54, 1.807) is 12.1 Å². The number of anilines is 2. The molecular weight excluding hydrogens is 400 g/mol. The highest BCUT2D eigenvalue weighted by Gasteiger charge is 2.36. The standard InChI is InChI=1S/C19H22N2O5S2/c1-19(2,3)16-6-4-5-7-17(16)20-28(25,26)15-10-8-14(9-11-15)21-18(22)12-13-27(21,23)24/h4-11,20H,12-13H2,1-3H3. The Morgan fingerprint density at radius 3 is 2.14 bits per heavy atom. The number of para-hydroxylation sites is 1. The van der Waals surface area contributed by atoms with E-state index in [2.05, 4.69) is 4.72 Å². The zero-order valence-electron chi connectivity index (χ0n) is 15.8. The quantitative estimate of drug-likeness (QED) is 0.817. The fourth-order valence-corrected chi connectivity index (χ4v) is 5.60. The number of benzene rings is 2. The third kappa shape index (κ3) is 3.90. The molecule has 7 nitrogen and oxygen atoms in total. The summed E-state index contributed by atoms with van der Waals surface area (Å²) in [5.74, 6) is -0.760. The summed E-state index contributed by atoms with van der Waals surface area (Å²) >= 11 is 0. The number of nitrogens with one attached hydrogen (secondary N) is 1. The average Bonchev–Trinajstić information content (AvgIpc) is 2.87. The molecule has 1 aliphatic rings. The molecule has 0 saturated carbocycles. The van der Waals surface area contributed by atoms with Gasteiger partial charge >= 0.3 is 0 Å². The SMILES string of the molecule is CC(C)(C)c1ccccc1NS(=O)(=O)c1ccc(N2C(=O)CCS2(=O)=O)cc1. The van der Waals surface area contributed by atoms with Crippen LogP contribution in [-0.4, -0.2) is 28.5 Å². The third-order valence-electron chi connectivity index (χ3n) is 4.44. The first-order valence-corrected chi connectivity index (χ1v) is 11.8. The van der Waals surface area contributed by atoms with Crippen LogP contribution in [0.3, 0.4) is 0 Å². The Morgan fingerprint density at radius 2 is 1.61 bits per heavy atom. The molecule has 1 amide bonds. The molecule has 9 heteroatoms. The number of carbonyl (C=O) groups is 1. The van der Waals surface area contributed by atoms with Crippen LogP contribution in [0, 0.1) is 0 Å². The lowest BCUT2D eigenvalue weighted by Crippen LogP contribution is -2.29. The van der Waals surface area contributed by atoms with Gasteiger partial charge in [-0.1, -0.05) is 39.0 Å². The van der Waals surface area contributed by atoms with Crippen LogP contribution in [0.25, 0.3) is 0 Å². The Labute approximate surface area is 165 Å². The van der Waals surface area contributed by atoms with Crippen molar-refractivity contribution in [3.05, 3.63) is 54.1 Å². The molecule has 1 heterocycles. The van der Waals surface area contributed by atoms with Gasteiger partial charge in [0.1, 0.15) is 0 Å². The van der Waals surface area contributed by atoms with E-state index in [1.165, 1.54) is 24.3 Å². The van der Waals surface area contributed by atoms with Crippen molar-refractivity contribution in [3.63, 3.8) is 0 Å². The number of nitrogens with zero attached hydrogens (tertiary/aromatic N) is 1. The van der Waals surface area contributed by atoms with Gasteiger partial charge in [-0.15, -0.1) is 0 Å². The summed E-state index contributed by atoms with van der Waals surface area (Å²) in [6.45, 7) is 5.97. The first kappa shape index (κ1) is 20.3. The van der Waals surface area contributed by atoms with Gasteiger partial charge in [0, 0.05) is 6.42 Å². The zero-order chi connectivity index (χ0) is 20.7. The van der Waals surface area contributed by atoms with Gasteiger partial charge in [-0.3, -0.25) is 9.52 Å². The highest BCUT2D eigenvalue weighted by molar-refractivity contribution is 7.94. The molecule has 1 saturated heterocycles. The molecule has 1 fully saturated rings. The van der Waals surface area contributed by atoms with E-state index in [4.69, 9.17) is 0 Å². The second-order valence-electron chi connectivity index (χ2n) is 7.62. The van der Waals surface area contributed by atoms with Gasteiger partial charge in [-0.05, 0) is 41.3 Å². The lowest BCUT2D eigenvalue weighted by atomic mass is 9.86. The molecule has 0 aromatic heterocycles. The predicted octanol–water partition coefficient (Wildman–Crippen LogP) is 2.85. The number of hydrogen-bond donors (Lipinski definition) is 1. The first-order chi connectivity index (χ1) is 12.9. The maximum atomic E-state index is 12.8. The number of amides is 1. The Hall–Kier alpha value is -2.39. The minimum Gasteiger partial charge on any atom is -0.279 e. The molecule has 150 valence electrons. The molecule has 2 aromatic rings. The molecule has 0 aliphatic carbocycles. The molecule has 1 aliphatic heterocycles. The van der Waals surface area contributed by atoms with Crippen molar-refractivity contribution < 1.29 is 21.6 Å². The Kier molecular flexibility index (Phi) is 5.01. The van der Waals surface area contributed by atoms with Crippen LogP contribution in [0.15, 0.2) is 53.4 Å². The summed E-state index contributed by atoms with van der Waals surface area (Å²) in [4.78, 5) is 11.8. The Balaban J connectivity index is 1.91. The zero-order valence-corrected chi connectivity index (χ0v) is 17.5. The minimum absolute atomic E-state index is 0.0241. The number of carbonyl (C=O) groups excluding carboxylic acids is 1. The van der Waals surface area contributed by atoms with E-state index in [-0.39, 0.29) is 28.2 Å². The highest BCUT2D eigenvalue weighted by atomic mass is 32.2. The molecule has 0 spiro atoms. The van der Waals surface area contributed by atoms with E-state index >= 15 is 0 Å². The maximum absolute atomic E-state index is 12.8. The van der Waals surface area contributed by atoms with Crippen molar-refractivity contribution in [2.45, 2.75) is 37.5 Å². The summed E-state index contributed by atoms with van der Waals surface area (Å²) in [5, 5.41) is 0. The van der Waals surface area contributed by atoms with Crippen LogP contribution in [0.1, 0.15) is 32.8 Å². The molecule has 28 heavy (non-hydrogen) atoms. The number of hydrogen-bond acceptors (Lipinski definition) is 5. The summed E-state index contributed by atoms with van der Waals surface area (Å²) in [5.41, 5.74) is 1.21. The van der Waals surface area contributed by atoms with Crippen LogP contribution < -0.4 is 9.03 Å². The minimum atomic E-state index is -3.88. The van der Waals surface area contributed by atoms with E-state index in [0.29, 0.717) is 5.69 Å². The van der Waals surface area contributed by atoms with Crippen molar-refractivity contribution in [1.82, 2.24) is 0 Å². The van der Waals surface area contributed by atoms with E-state index in [9.17, 15) is 21.6 Å². The molecule has 0 radical (unpaired) electrons. The second-order valence-corrected chi connectivity index (χ2v) is 11.2. The maximum Gasteiger partial charge on any atom is 0.261 e. The van der Waals surface area contributed by atoms with Crippen molar-refractivity contribution in [1.29, 1.82) is 0 Å². The van der Waals surface area contributed by atoms with Crippen LogP contribution in [0.2, 0.25) is 0 Å². The van der Waals surface area contributed by atoms with Gasteiger partial charge in [-0.25, -0.2) is 21.1 Å². The van der Waals surface area contributed by atoms with E-state index in [0.717, 1.165) is 9.87 Å². The van der Waals surface area contributed by atoms with Crippen molar-refractivity contribution in [2.75, 3.05) is 14.8 Å². The van der Waals surface area contributed by atoms with Gasteiger partial charge in [0.15, 0.2) is 0 Å². The molecule has 1 N–H and O–H groups in total. The lowest BCUT2D eigenvalue weighted by molar-refractivity contribution is -0.116. The molecule has 2 aromatic carbocycles. The third-order valence-corrected chi connectivity index (χ3v) is 7.51. The van der Waals surface area contributed by atoms with Crippen molar-refractivity contribution in [2.24, 2.45) is 0 Å². The normalized spacial score (nSPS) is 17.0. The van der Waals surface area contributed by atoms with Gasteiger partial charge in [0.05, 0.1) is 22.0 Å². The van der Waals surface area contributed by atoms with E-state index < -0.39 is 26.0 Å². The smallest absolute Gasteiger partial charge is 0.261 e.